The summed E-state index contributed by atoms with van der Waals surface area (Å²) in [6.45, 7) is 0. The van der Waals surface area contributed by atoms with Gasteiger partial charge in [0.15, 0.2) is 0 Å². The van der Waals surface area contributed by atoms with E-state index in [-0.39, 0.29) is 5.69 Å². The van der Waals surface area contributed by atoms with Crippen LogP contribution in [0.15, 0.2) is 42.5 Å². The van der Waals surface area contributed by atoms with E-state index in [0.717, 1.165) is 0 Å². The highest BCUT2D eigenvalue weighted by molar-refractivity contribution is 6.00. The third-order valence-electron chi connectivity index (χ3n) is 2.49. The summed E-state index contributed by atoms with van der Waals surface area (Å²) >= 11 is 0. The van der Waals surface area contributed by atoms with Crippen molar-refractivity contribution in [1.29, 1.82) is 5.26 Å². The summed E-state index contributed by atoms with van der Waals surface area (Å²) in [5.74, 6) is -0.583. The van der Waals surface area contributed by atoms with Gasteiger partial charge in [0.25, 0.3) is 0 Å². The molecule has 0 aliphatic carbocycles. The molecule has 2 rings (SSSR count). The Kier molecular flexibility index (Phi) is 3.82. The van der Waals surface area contributed by atoms with E-state index in [0.29, 0.717) is 16.9 Å². The van der Waals surface area contributed by atoms with Gasteiger partial charge in [0.05, 0.1) is 17.3 Å². The van der Waals surface area contributed by atoms with E-state index < -0.39 is 11.8 Å². The van der Waals surface area contributed by atoms with Crippen LogP contribution in [0.1, 0.15) is 5.56 Å². The molecular formula is C14H11FN4O. The molecule has 4 N–H and O–H groups in total. The fraction of sp³-hybridized carbons (Fsp3) is 0. The fourth-order valence-electron chi connectivity index (χ4n) is 1.59. The summed E-state index contributed by atoms with van der Waals surface area (Å²) in [6.07, 6.45) is 0. The normalized spacial score (nSPS) is 9.60. The molecule has 0 saturated heterocycles. The summed E-state index contributed by atoms with van der Waals surface area (Å²) in [7, 11) is 0. The van der Waals surface area contributed by atoms with Gasteiger partial charge in [-0.2, -0.15) is 5.26 Å². The van der Waals surface area contributed by atoms with Gasteiger partial charge in [-0.3, -0.25) is 0 Å². The van der Waals surface area contributed by atoms with Gasteiger partial charge in [0, 0.05) is 11.4 Å². The molecule has 0 aromatic heterocycles. The van der Waals surface area contributed by atoms with Crippen molar-refractivity contribution in [3.8, 4) is 6.07 Å². The maximum Gasteiger partial charge on any atom is 0.323 e. The van der Waals surface area contributed by atoms with Crippen LogP contribution in [0.2, 0.25) is 0 Å². The Morgan fingerprint density at radius 1 is 1.20 bits per heavy atom. The number of nitrogen functional groups attached to an aromatic ring is 1. The minimum absolute atomic E-state index is 0.0149. The van der Waals surface area contributed by atoms with Crippen LogP contribution in [0.4, 0.5) is 26.2 Å². The summed E-state index contributed by atoms with van der Waals surface area (Å²) in [4.78, 5) is 11.7. The van der Waals surface area contributed by atoms with E-state index in [9.17, 15) is 9.18 Å². The van der Waals surface area contributed by atoms with Crippen molar-refractivity contribution in [3.05, 3.63) is 53.8 Å². The summed E-state index contributed by atoms with van der Waals surface area (Å²) in [6, 6.07) is 11.6. The van der Waals surface area contributed by atoms with Crippen LogP contribution in [0.25, 0.3) is 0 Å². The van der Waals surface area contributed by atoms with E-state index in [1.165, 1.54) is 24.3 Å². The van der Waals surface area contributed by atoms with E-state index >= 15 is 0 Å². The van der Waals surface area contributed by atoms with Crippen molar-refractivity contribution in [2.45, 2.75) is 0 Å². The third kappa shape index (κ3) is 3.23. The molecule has 0 unspecified atom stereocenters. The molecule has 5 nitrogen and oxygen atoms in total. The van der Waals surface area contributed by atoms with Gasteiger partial charge in [-0.25, -0.2) is 9.18 Å². The molecule has 0 atom stereocenters. The van der Waals surface area contributed by atoms with Crippen molar-refractivity contribution < 1.29 is 9.18 Å². The lowest BCUT2D eigenvalue weighted by molar-refractivity contribution is 0.262. The van der Waals surface area contributed by atoms with Crippen LogP contribution in [0.5, 0.6) is 0 Å². The zero-order valence-corrected chi connectivity index (χ0v) is 10.4. The second-order valence-corrected chi connectivity index (χ2v) is 4.01. The molecule has 0 spiro atoms. The van der Waals surface area contributed by atoms with Gasteiger partial charge in [0.2, 0.25) is 0 Å². The number of nitrogens with zero attached hydrogens (tertiary/aromatic N) is 1. The first kappa shape index (κ1) is 13.4. The zero-order valence-electron chi connectivity index (χ0n) is 10.4. The molecule has 100 valence electrons. The number of hydrogen-bond acceptors (Lipinski definition) is 3. The molecular weight excluding hydrogens is 259 g/mol. The molecule has 0 fully saturated rings. The Morgan fingerprint density at radius 3 is 2.75 bits per heavy atom. The molecule has 0 bridgehead atoms. The Hall–Kier alpha value is -3.07. The second-order valence-electron chi connectivity index (χ2n) is 4.01. The number of benzene rings is 2. The Balaban J connectivity index is 2.09. The molecule has 0 aliphatic rings. The number of nitriles is 1. The molecule has 6 heteroatoms. The topological polar surface area (TPSA) is 90.9 Å². The predicted molar refractivity (Wildman–Crippen MR) is 74.6 cm³/mol. The van der Waals surface area contributed by atoms with Crippen LogP contribution >= 0.6 is 0 Å². The number of anilines is 3. The lowest BCUT2D eigenvalue weighted by Crippen LogP contribution is -2.20. The molecule has 0 aliphatic heterocycles. The second kappa shape index (κ2) is 5.71. The number of nitrogens with one attached hydrogen (secondary N) is 2. The summed E-state index contributed by atoms with van der Waals surface area (Å²) in [5, 5.41) is 13.6. The van der Waals surface area contributed by atoms with Gasteiger partial charge >= 0.3 is 6.03 Å². The Morgan fingerprint density at radius 2 is 2.00 bits per heavy atom. The fourth-order valence-corrected chi connectivity index (χ4v) is 1.59. The standard InChI is InChI=1S/C14H11FN4O/c15-12-5-4-10(17)7-13(12)19-14(20)18-11-3-1-2-9(6-11)8-16/h1-7H,17H2,(H2,18,19,20). The van der Waals surface area contributed by atoms with Crippen molar-refractivity contribution in [3.63, 3.8) is 0 Å². The number of hydrogen-bond donors (Lipinski definition) is 3. The molecule has 0 radical (unpaired) electrons. The number of amides is 2. The Labute approximate surface area is 114 Å². The highest BCUT2D eigenvalue weighted by Crippen LogP contribution is 2.18. The summed E-state index contributed by atoms with van der Waals surface area (Å²) in [5.41, 5.74) is 6.70. The van der Waals surface area contributed by atoms with Gasteiger partial charge in [0.1, 0.15) is 5.82 Å². The van der Waals surface area contributed by atoms with Crippen LogP contribution in [-0.2, 0) is 0 Å². The maximum absolute atomic E-state index is 13.4. The lowest BCUT2D eigenvalue weighted by Gasteiger charge is -2.09. The molecule has 0 saturated carbocycles. The van der Waals surface area contributed by atoms with Crippen molar-refractivity contribution >= 4 is 23.1 Å². The maximum atomic E-state index is 13.4. The molecule has 2 amide bonds. The zero-order chi connectivity index (χ0) is 14.5. The van der Waals surface area contributed by atoms with Crippen LogP contribution in [0, 0.1) is 17.1 Å². The largest absolute Gasteiger partial charge is 0.399 e. The van der Waals surface area contributed by atoms with Gasteiger partial charge < -0.3 is 16.4 Å². The van der Waals surface area contributed by atoms with Gasteiger partial charge in [-0.05, 0) is 36.4 Å². The SMILES string of the molecule is N#Cc1cccc(NC(=O)Nc2cc(N)ccc2F)c1. The van der Waals surface area contributed by atoms with E-state index in [1.54, 1.807) is 18.2 Å². The number of carbonyl (C=O) groups excluding carboxylic acids is 1. The third-order valence-corrected chi connectivity index (χ3v) is 2.49. The van der Waals surface area contributed by atoms with Crippen molar-refractivity contribution in [2.24, 2.45) is 0 Å². The molecule has 2 aromatic rings. The number of rotatable bonds is 2. The first-order valence-corrected chi connectivity index (χ1v) is 5.71. The first-order chi connectivity index (χ1) is 9.58. The molecule has 2 aromatic carbocycles. The van der Waals surface area contributed by atoms with Crippen LogP contribution in [0.3, 0.4) is 0 Å². The Bertz CT molecular complexity index is 694. The number of urea groups is 1. The first-order valence-electron chi connectivity index (χ1n) is 5.71. The smallest absolute Gasteiger partial charge is 0.323 e. The van der Waals surface area contributed by atoms with E-state index in [2.05, 4.69) is 10.6 Å². The highest BCUT2D eigenvalue weighted by Gasteiger charge is 2.07. The predicted octanol–water partition coefficient (Wildman–Crippen LogP) is 2.92. The van der Waals surface area contributed by atoms with Gasteiger partial charge in [-0.1, -0.05) is 6.07 Å². The lowest BCUT2D eigenvalue weighted by atomic mass is 10.2. The van der Waals surface area contributed by atoms with Gasteiger partial charge in [-0.15, -0.1) is 0 Å². The average molecular weight is 270 g/mol. The molecule has 0 heterocycles. The van der Waals surface area contributed by atoms with E-state index in [1.807, 2.05) is 6.07 Å². The number of halogens is 1. The van der Waals surface area contributed by atoms with Crippen LogP contribution in [-0.4, -0.2) is 6.03 Å². The van der Waals surface area contributed by atoms with Crippen LogP contribution < -0.4 is 16.4 Å². The minimum Gasteiger partial charge on any atom is -0.399 e. The average Bonchev–Trinajstić information content (AvgIpc) is 2.43. The highest BCUT2D eigenvalue weighted by atomic mass is 19.1. The van der Waals surface area contributed by atoms with Crippen molar-refractivity contribution in [2.75, 3.05) is 16.4 Å². The molecule has 20 heavy (non-hydrogen) atoms. The summed E-state index contributed by atoms with van der Waals surface area (Å²) < 4.78 is 13.4. The number of nitrogens with two attached hydrogens (primary N) is 1. The number of carbonyl (C=O) groups is 1. The van der Waals surface area contributed by atoms with Crippen molar-refractivity contribution in [1.82, 2.24) is 0 Å². The quantitative estimate of drug-likeness (QED) is 0.733. The monoisotopic (exact) mass is 270 g/mol. The van der Waals surface area contributed by atoms with E-state index in [4.69, 9.17) is 11.0 Å². The minimum atomic E-state index is -0.621.